The van der Waals surface area contributed by atoms with Crippen molar-refractivity contribution in [2.45, 2.75) is 19.4 Å². The largest absolute Gasteiger partial charge is 0.495 e. The van der Waals surface area contributed by atoms with Crippen molar-refractivity contribution in [3.8, 4) is 5.75 Å². The lowest BCUT2D eigenvalue weighted by molar-refractivity contribution is 0.0258. The van der Waals surface area contributed by atoms with Crippen LogP contribution in [0.25, 0.3) is 0 Å². The van der Waals surface area contributed by atoms with Crippen molar-refractivity contribution in [2.75, 3.05) is 38.7 Å². The Hall–Kier alpha value is -1.26. The molecule has 1 aliphatic rings. The van der Waals surface area contributed by atoms with Gasteiger partial charge >= 0.3 is 0 Å². The van der Waals surface area contributed by atoms with E-state index in [0.717, 1.165) is 44.1 Å². The lowest BCUT2D eigenvalue weighted by Crippen LogP contribution is -2.39. The smallest absolute Gasteiger partial charge is 0.141 e. The molecule has 0 amide bonds. The standard InChI is InChI=1S/C14H22N2O2/c1-11-3-4-14(17-2)13(9-11)16-6-5-12-10-15-7-8-18-12/h3-4,9,12,15-16H,5-8,10H2,1-2H3. The van der Waals surface area contributed by atoms with Gasteiger partial charge in [0.1, 0.15) is 5.75 Å². The molecule has 0 aliphatic carbocycles. The van der Waals surface area contributed by atoms with Crippen molar-refractivity contribution >= 4 is 5.69 Å². The maximum absolute atomic E-state index is 5.66. The van der Waals surface area contributed by atoms with Crippen LogP contribution in [0.4, 0.5) is 5.69 Å². The molecule has 1 unspecified atom stereocenters. The van der Waals surface area contributed by atoms with E-state index < -0.39 is 0 Å². The molecular formula is C14H22N2O2. The van der Waals surface area contributed by atoms with Gasteiger partial charge < -0.3 is 20.1 Å². The average Bonchev–Trinajstić information content (AvgIpc) is 2.40. The molecule has 1 aliphatic heterocycles. The Morgan fingerprint density at radius 1 is 1.50 bits per heavy atom. The maximum atomic E-state index is 5.66. The van der Waals surface area contributed by atoms with Crippen LogP contribution >= 0.6 is 0 Å². The minimum absolute atomic E-state index is 0.321. The Labute approximate surface area is 109 Å². The monoisotopic (exact) mass is 250 g/mol. The molecule has 2 N–H and O–H groups in total. The second-order valence-electron chi connectivity index (χ2n) is 4.62. The number of ether oxygens (including phenoxy) is 2. The normalized spacial score (nSPS) is 19.6. The van der Waals surface area contributed by atoms with E-state index in [9.17, 15) is 0 Å². The van der Waals surface area contributed by atoms with Gasteiger partial charge in [-0.05, 0) is 31.0 Å². The van der Waals surface area contributed by atoms with Crippen molar-refractivity contribution in [2.24, 2.45) is 0 Å². The number of hydrogen-bond acceptors (Lipinski definition) is 4. The molecule has 1 saturated heterocycles. The zero-order valence-corrected chi connectivity index (χ0v) is 11.2. The molecule has 1 heterocycles. The lowest BCUT2D eigenvalue weighted by Gasteiger charge is -2.24. The van der Waals surface area contributed by atoms with Gasteiger partial charge in [-0.2, -0.15) is 0 Å². The van der Waals surface area contributed by atoms with Gasteiger partial charge in [0, 0.05) is 19.6 Å². The van der Waals surface area contributed by atoms with Crippen LogP contribution in [0.1, 0.15) is 12.0 Å². The van der Waals surface area contributed by atoms with Crippen LogP contribution in [0, 0.1) is 6.92 Å². The number of morpholine rings is 1. The van der Waals surface area contributed by atoms with Gasteiger partial charge in [-0.1, -0.05) is 6.07 Å². The summed E-state index contributed by atoms with van der Waals surface area (Å²) in [6.07, 6.45) is 1.33. The number of hydrogen-bond donors (Lipinski definition) is 2. The highest BCUT2D eigenvalue weighted by Crippen LogP contribution is 2.25. The first-order valence-corrected chi connectivity index (χ1v) is 6.50. The fraction of sp³-hybridized carbons (Fsp3) is 0.571. The predicted molar refractivity (Wildman–Crippen MR) is 73.4 cm³/mol. The summed E-state index contributed by atoms with van der Waals surface area (Å²) in [7, 11) is 1.70. The van der Waals surface area contributed by atoms with Gasteiger partial charge in [0.2, 0.25) is 0 Å². The van der Waals surface area contributed by atoms with Gasteiger partial charge in [-0.25, -0.2) is 0 Å². The number of aryl methyl sites for hydroxylation is 1. The van der Waals surface area contributed by atoms with E-state index in [1.807, 2.05) is 6.07 Å². The van der Waals surface area contributed by atoms with E-state index in [1.54, 1.807) is 7.11 Å². The number of anilines is 1. The van der Waals surface area contributed by atoms with Crippen molar-refractivity contribution in [3.05, 3.63) is 23.8 Å². The van der Waals surface area contributed by atoms with E-state index in [1.165, 1.54) is 5.56 Å². The molecule has 0 radical (unpaired) electrons. The highest BCUT2D eigenvalue weighted by Gasteiger charge is 2.12. The fourth-order valence-electron chi connectivity index (χ4n) is 2.13. The van der Waals surface area contributed by atoms with Crippen LogP contribution in [-0.4, -0.2) is 39.5 Å². The summed E-state index contributed by atoms with van der Waals surface area (Å²) in [5, 5.41) is 6.76. The van der Waals surface area contributed by atoms with E-state index in [2.05, 4.69) is 29.7 Å². The van der Waals surface area contributed by atoms with E-state index in [0.29, 0.717) is 6.10 Å². The molecule has 100 valence electrons. The van der Waals surface area contributed by atoms with Crippen molar-refractivity contribution in [1.82, 2.24) is 5.32 Å². The summed E-state index contributed by atoms with van der Waals surface area (Å²) in [5.74, 6) is 0.892. The Bertz CT molecular complexity index is 376. The van der Waals surface area contributed by atoms with Gasteiger partial charge in [0.25, 0.3) is 0 Å². The van der Waals surface area contributed by atoms with Gasteiger partial charge in [0.15, 0.2) is 0 Å². The molecule has 0 spiro atoms. The van der Waals surface area contributed by atoms with Gasteiger partial charge in [-0.15, -0.1) is 0 Å². The molecule has 4 nitrogen and oxygen atoms in total. The molecule has 1 aromatic rings. The molecular weight excluding hydrogens is 228 g/mol. The Kier molecular flexibility index (Phi) is 4.84. The predicted octanol–water partition coefficient (Wildman–Crippen LogP) is 1.79. The summed E-state index contributed by atoms with van der Waals surface area (Å²) < 4.78 is 11.0. The van der Waals surface area contributed by atoms with Crippen molar-refractivity contribution in [3.63, 3.8) is 0 Å². The first-order valence-electron chi connectivity index (χ1n) is 6.50. The third-order valence-corrected chi connectivity index (χ3v) is 3.14. The van der Waals surface area contributed by atoms with Crippen molar-refractivity contribution < 1.29 is 9.47 Å². The van der Waals surface area contributed by atoms with Crippen LogP contribution in [0.5, 0.6) is 5.75 Å². The number of rotatable bonds is 5. The second-order valence-corrected chi connectivity index (χ2v) is 4.62. The summed E-state index contributed by atoms with van der Waals surface area (Å²) in [6, 6.07) is 6.16. The summed E-state index contributed by atoms with van der Waals surface area (Å²) >= 11 is 0. The van der Waals surface area contributed by atoms with E-state index in [-0.39, 0.29) is 0 Å². The van der Waals surface area contributed by atoms with E-state index >= 15 is 0 Å². The van der Waals surface area contributed by atoms with Gasteiger partial charge in [-0.3, -0.25) is 0 Å². The summed E-state index contributed by atoms with van der Waals surface area (Å²) in [6.45, 7) is 5.71. The Morgan fingerprint density at radius 3 is 3.11 bits per heavy atom. The number of nitrogens with one attached hydrogen (secondary N) is 2. The van der Waals surface area contributed by atoms with E-state index in [4.69, 9.17) is 9.47 Å². The lowest BCUT2D eigenvalue weighted by atomic mass is 10.2. The quantitative estimate of drug-likeness (QED) is 0.836. The topological polar surface area (TPSA) is 42.5 Å². The fourth-order valence-corrected chi connectivity index (χ4v) is 2.13. The first kappa shape index (κ1) is 13.2. The Balaban J connectivity index is 1.83. The van der Waals surface area contributed by atoms with Crippen LogP contribution in [0.15, 0.2) is 18.2 Å². The van der Waals surface area contributed by atoms with Gasteiger partial charge in [0.05, 0.1) is 25.5 Å². The van der Waals surface area contributed by atoms with Crippen LogP contribution in [0.2, 0.25) is 0 Å². The average molecular weight is 250 g/mol. The molecule has 0 bridgehead atoms. The second kappa shape index (κ2) is 6.61. The zero-order valence-electron chi connectivity index (χ0n) is 11.2. The third kappa shape index (κ3) is 3.62. The SMILES string of the molecule is COc1ccc(C)cc1NCCC1CNCCO1. The Morgan fingerprint density at radius 2 is 2.39 bits per heavy atom. The molecule has 1 atom stereocenters. The molecule has 0 aromatic heterocycles. The molecule has 1 aromatic carbocycles. The minimum Gasteiger partial charge on any atom is -0.495 e. The molecule has 2 rings (SSSR count). The molecule has 0 saturated carbocycles. The zero-order chi connectivity index (χ0) is 12.8. The van der Waals surface area contributed by atoms with Crippen LogP contribution in [0.3, 0.4) is 0 Å². The minimum atomic E-state index is 0.321. The summed E-state index contributed by atoms with van der Waals surface area (Å²) in [5.41, 5.74) is 2.29. The van der Waals surface area contributed by atoms with Crippen molar-refractivity contribution in [1.29, 1.82) is 0 Å². The highest BCUT2D eigenvalue weighted by molar-refractivity contribution is 5.57. The third-order valence-electron chi connectivity index (χ3n) is 3.14. The summed E-state index contributed by atoms with van der Waals surface area (Å²) in [4.78, 5) is 0. The van der Waals surface area contributed by atoms with Crippen LogP contribution < -0.4 is 15.4 Å². The number of methoxy groups -OCH3 is 1. The first-order chi connectivity index (χ1) is 8.79. The molecule has 1 fully saturated rings. The molecule has 4 heteroatoms. The highest BCUT2D eigenvalue weighted by atomic mass is 16.5. The maximum Gasteiger partial charge on any atom is 0.141 e. The molecule has 18 heavy (non-hydrogen) atoms. The number of benzene rings is 1. The van der Waals surface area contributed by atoms with Crippen LogP contribution in [-0.2, 0) is 4.74 Å².